The number of ether oxygens (including phenoxy) is 2. The second kappa shape index (κ2) is 10.2. The molecule has 2 atom stereocenters. The van der Waals surface area contributed by atoms with Crippen molar-refractivity contribution in [2.75, 3.05) is 45.9 Å². The summed E-state index contributed by atoms with van der Waals surface area (Å²) in [6.45, 7) is 12.8. The maximum atomic E-state index is 13.9. The van der Waals surface area contributed by atoms with Gasteiger partial charge < -0.3 is 14.0 Å². The van der Waals surface area contributed by atoms with E-state index in [-0.39, 0.29) is 12.1 Å². The lowest BCUT2D eigenvalue weighted by Crippen LogP contribution is -2.66. The van der Waals surface area contributed by atoms with Crippen LogP contribution in [-0.4, -0.2) is 72.3 Å². The van der Waals surface area contributed by atoms with E-state index in [1.807, 2.05) is 26.0 Å². The molecule has 0 radical (unpaired) electrons. The van der Waals surface area contributed by atoms with Crippen LogP contribution >= 0.6 is 11.3 Å². The molecule has 190 valence electrons. The highest BCUT2D eigenvalue weighted by molar-refractivity contribution is 7.10. The van der Waals surface area contributed by atoms with Gasteiger partial charge in [-0.1, -0.05) is 12.5 Å². The predicted octanol–water partition coefficient (Wildman–Crippen LogP) is 4.69. The molecule has 0 amide bonds. The third-order valence-corrected chi connectivity index (χ3v) is 9.77. The predicted molar refractivity (Wildman–Crippen MR) is 139 cm³/mol. The fourth-order valence-electron chi connectivity index (χ4n) is 6.38. The van der Waals surface area contributed by atoms with E-state index in [2.05, 4.69) is 34.3 Å². The number of likely N-dealkylation sites (tertiary alicyclic amines) is 1. The smallest absolute Gasteiger partial charge is 0.332 e. The molecule has 6 heterocycles. The molecule has 35 heavy (non-hydrogen) atoms. The average Bonchev–Trinajstić information content (AvgIpc) is 3.42. The molecule has 0 aromatic carbocycles. The molecule has 4 fully saturated rings. The highest BCUT2D eigenvalue weighted by Gasteiger charge is 2.51. The van der Waals surface area contributed by atoms with Crippen molar-refractivity contribution in [2.45, 2.75) is 64.5 Å². The summed E-state index contributed by atoms with van der Waals surface area (Å²) in [7, 11) is 0. The first-order chi connectivity index (χ1) is 16.9. The third kappa shape index (κ3) is 5.00. The molecule has 2 aromatic heterocycles. The lowest BCUT2D eigenvalue weighted by atomic mass is 9.83. The standard InChI is InChI=1S/C28H40N3O3S/c1-21-9-10-24(22(2)29-21)33-18-17-31-15-11-23(12-16-31)25(20-31)34-27(32)28(3,26-8-7-19-35-26)30-13-5-4-6-14-30/h7-10,19,23,25H,4-6,11-18,20H2,1-3H3/q+1/t23?,25-,28?,31?/m0/s1. The zero-order valence-corrected chi connectivity index (χ0v) is 22.3. The molecule has 4 aliphatic heterocycles. The molecule has 0 N–H and O–H groups in total. The van der Waals surface area contributed by atoms with Crippen LogP contribution in [0.3, 0.4) is 0 Å². The van der Waals surface area contributed by atoms with Crippen molar-refractivity contribution in [3.63, 3.8) is 0 Å². The van der Waals surface area contributed by atoms with Crippen molar-refractivity contribution in [3.8, 4) is 5.75 Å². The molecule has 2 aromatic rings. The Balaban J connectivity index is 1.25. The summed E-state index contributed by atoms with van der Waals surface area (Å²) in [4.78, 5) is 21.9. The van der Waals surface area contributed by atoms with E-state index in [4.69, 9.17) is 9.47 Å². The molecule has 0 saturated carbocycles. The summed E-state index contributed by atoms with van der Waals surface area (Å²) in [5, 5.41) is 2.07. The van der Waals surface area contributed by atoms with E-state index in [9.17, 15) is 4.79 Å². The van der Waals surface area contributed by atoms with Crippen molar-refractivity contribution in [1.82, 2.24) is 9.88 Å². The van der Waals surface area contributed by atoms with Crippen LogP contribution < -0.4 is 4.74 Å². The number of aromatic nitrogens is 1. The summed E-state index contributed by atoms with van der Waals surface area (Å²) >= 11 is 1.67. The lowest BCUT2D eigenvalue weighted by Gasteiger charge is -2.52. The summed E-state index contributed by atoms with van der Waals surface area (Å²) in [6.07, 6.45) is 5.80. The molecule has 6 rings (SSSR count). The Morgan fingerprint density at radius 1 is 1.17 bits per heavy atom. The normalized spacial score (nSPS) is 28.4. The zero-order valence-electron chi connectivity index (χ0n) is 21.5. The third-order valence-electron chi connectivity index (χ3n) is 8.69. The number of rotatable bonds is 8. The summed E-state index contributed by atoms with van der Waals surface area (Å²) in [6, 6.07) is 8.18. The van der Waals surface area contributed by atoms with Gasteiger partial charge in [0, 0.05) is 29.3 Å². The van der Waals surface area contributed by atoms with E-state index in [1.165, 1.54) is 6.42 Å². The number of carbonyl (C=O) groups is 1. The van der Waals surface area contributed by atoms with E-state index >= 15 is 0 Å². The molecule has 7 heteroatoms. The number of aryl methyl sites for hydroxylation is 2. The van der Waals surface area contributed by atoms with Gasteiger partial charge in [-0.2, -0.15) is 0 Å². The Morgan fingerprint density at radius 2 is 1.94 bits per heavy atom. The van der Waals surface area contributed by atoms with E-state index in [0.29, 0.717) is 12.5 Å². The number of hydrogen-bond donors (Lipinski definition) is 0. The minimum Gasteiger partial charge on any atom is -0.486 e. The molecule has 2 bridgehead atoms. The van der Waals surface area contributed by atoms with Gasteiger partial charge in [0.2, 0.25) is 0 Å². The van der Waals surface area contributed by atoms with Crippen LogP contribution in [0.4, 0.5) is 0 Å². The van der Waals surface area contributed by atoms with Gasteiger partial charge in [-0.15, -0.1) is 11.3 Å². The summed E-state index contributed by atoms with van der Waals surface area (Å²) in [5.74, 6) is 1.30. The van der Waals surface area contributed by atoms with E-state index in [1.54, 1.807) is 11.3 Å². The van der Waals surface area contributed by atoms with Crippen LogP contribution in [0.5, 0.6) is 5.75 Å². The number of hydrogen-bond acceptors (Lipinski definition) is 6. The summed E-state index contributed by atoms with van der Waals surface area (Å²) in [5.41, 5.74) is 1.27. The second-order valence-corrected chi connectivity index (χ2v) is 11.9. The molecule has 1 unspecified atom stereocenters. The SMILES string of the molecule is Cc1ccc(OCC[N+]23CCC(CC2)[C@@H](OC(=O)C(C)(c2cccs2)N2CCCCC2)C3)c(C)n1. The fraction of sp³-hybridized carbons (Fsp3) is 0.643. The Bertz CT molecular complexity index is 1010. The van der Waals surface area contributed by atoms with Crippen molar-refractivity contribution in [3.05, 3.63) is 45.9 Å². The number of fused-ring (bicyclic) bond motifs is 3. The van der Waals surface area contributed by atoms with Gasteiger partial charge >= 0.3 is 5.97 Å². The van der Waals surface area contributed by atoms with Crippen LogP contribution in [0.25, 0.3) is 0 Å². The number of esters is 1. The number of piperidine rings is 4. The highest BCUT2D eigenvalue weighted by atomic mass is 32.1. The van der Waals surface area contributed by atoms with Gasteiger partial charge in [0.25, 0.3) is 0 Å². The molecule has 4 saturated heterocycles. The fourth-order valence-corrected chi connectivity index (χ4v) is 7.28. The second-order valence-electron chi connectivity index (χ2n) is 11.0. The Labute approximate surface area is 213 Å². The molecule has 0 spiro atoms. The summed E-state index contributed by atoms with van der Waals surface area (Å²) < 4.78 is 13.6. The number of quaternary nitrogens is 1. The Hall–Kier alpha value is -1.96. The highest BCUT2D eigenvalue weighted by Crippen LogP contribution is 2.39. The lowest BCUT2D eigenvalue weighted by molar-refractivity contribution is -0.946. The minimum absolute atomic E-state index is 0.00291. The van der Waals surface area contributed by atoms with Gasteiger partial charge in [-0.25, -0.2) is 4.79 Å². The largest absolute Gasteiger partial charge is 0.486 e. The van der Waals surface area contributed by atoms with Crippen LogP contribution in [0.1, 0.15) is 55.3 Å². The Morgan fingerprint density at radius 3 is 2.63 bits per heavy atom. The molecule has 4 aliphatic rings. The van der Waals surface area contributed by atoms with Crippen molar-refractivity contribution < 1.29 is 18.8 Å². The van der Waals surface area contributed by atoms with Gasteiger partial charge in [-0.05, 0) is 70.3 Å². The van der Waals surface area contributed by atoms with Gasteiger partial charge in [-0.3, -0.25) is 9.88 Å². The number of thiophene rings is 1. The maximum Gasteiger partial charge on any atom is 0.332 e. The van der Waals surface area contributed by atoms with Crippen LogP contribution in [0.2, 0.25) is 0 Å². The molecule has 0 aliphatic carbocycles. The first kappa shape index (κ1) is 24.7. The van der Waals surface area contributed by atoms with Crippen molar-refractivity contribution in [2.24, 2.45) is 5.92 Å². The Kier molecular flexibility index (Phi) is 7.20. The number of nitrogens with zero attached hydrogens (tertiary/aromatic N) is 3. The van der Waals surface area contributed by atoms with E-state index in [0.717, 1.165) is 91.4 Å². The van der Waals surface area contributed by atoms with Crippen molar-refractivity contribution in [1.29, 1.82) is 0 Å². The average molecular weight is 499 g/mol. The van der Waals surface area contributed by atoms with Crippen LogP contribution in [0.15, 0.2) is 29.6 Å². The van der Waals surface area contributed by atoms with Gasteiger partial charge in [0.1, 0.15) is 25.4 Å². The quantitative estimate of drug-likeness (QED) is 0.390. The van der Waals surface area contributed by atoms with Gasteiger partial charge in [0.05, 0.1) is 18.8 Å². The first-order valence-electron chi connectivity index (χ1n) is 13.3. The van der Waals surface area contributed by atoms with Crippen LogP contribution in [-0.2, 0) is 15.1 Å². The molecule has 6 nitrogen and oxygen atoms in total. The van der Waals surface area contributed by atoms with E-state index < -0.39 is 5.54 Å². The topological polar surface area (TPSA) is 51.7 Å². The van der Waals surface area contributed by atoms with Crippen LogP contribution in [0, 0.1) is 19.8 Å². The minimum atomic E-state index is -0.690. The number of pyridine rings is 1. The van der Waals surface area contributed by atoms with Crippen molar-refractivity contribution >= 4 is 17.3 Å². The monoisotopic (exact) mass is 498 g/mol. The maximum absolute atomic E-state index is 13.9. The van der Waals surface area contributed by atoms with Gasteiger partial charge in [0.15, 0.2) is 11.6 Å². The first-order valence-corrected chi connectivity index (χ1v) is 14.2. The number of carbonyl (C=O) groups excluding carboxylic acids is 1. The molecular formula is C28H40N3O3S+. The zero-order chi connectivity index (χ0) is 24.5. The molecular weight excluding hydrogens is 458 g/mol.